The highest BCUT2D eigenvalue weighted by atomic mass is 32.1. The van der Waals surface area contributed by atoms with Crippen molar-refractivity contribution in [1.82, 2.24) is 9.97 Å². The third-order valence-electron chi connectivity index (χ3n) is 1.68. The number of thiazole rings is 1. The molecular weight excluding hydrogens is 214 g/mol. The van der Waals surface area contributed by atoms with Crippen LogP contribution in [0.3, 0.4) is 0 Å². The molecule has 0 saturated carbocycles. The second-order valence-corrected chi connectivity index (χ2v) is 3.42. The molecule has 0 aliphatic heterocycles. The quantitative estimate of drug-likeness (QED) is 0.805. The van der Waals surface area contributed by atoms with Gasteiger partial charge in [-0.05, 0) is 12.1 Å². The van der Waals surface area contributed by atoms with Crippen LogP contribution < -0.4 is 5.32 Å². The number of anilines is 1. The highest BCUT2D eigenvalue weighted by molar-refractivity contribution is 7.07. The zero-order valence-electron chi connectivity index (χ0n) is 7.54. The molecule has 0 saturated heterocycles. The number of carbonyl (C=O) groups is 1. The molecule has 0 radical (unpaired) electrons. The molecular formula is C9H7N3O2S. The van der Waals surface area contributed by atoms with Crippen molar-refractivity contribution in [3.05, 3.63) is 34.9 Å². The first-order valence-corrected chi connectivity index (χ1v) is 5.05. The van der Waals surface area contributed by atoms with E-state index in [1.54, 1.807) is 17.0 Å². The van der Waals surface area contributed by atoms with Crippen LogP contribution in [0.1, 0.15) is 10.5 Å². The third kappa shape index (κ3) is 2.10. The maximum atomic E-state index is 11.5. The van der Waals surface area contributed by atoms with Gasteiger partial charge in [0.25, 0.3) is 5.91 Å². The van der Waals surface area contributed by atoms with Gasteiger partial charge >= 0.3 is 0 Å². The monoisotopic (exact) mass is 221 g/mol. The van der Waals surface area contributed by atoms with Gasteiger partial charge in [0.15, 0.2) is 11.6 Å². The zero-order valence-corrected chi connectivity index (χ0v) is 8.36. The number of rotatable bonds is 2. The van der Waals surface area contributed by atoms with Gasteiger partial charge in [-0.25, -0.2) is 9.97 Å². The number of nitrogens with one attached hydrogen (secondary N) is 1. The average Bonchev–Trinajstić information content (AvgIpc) is 2.74. The summed E-state index contributed by atoms with van der Waals surface area (Å²) >= 11 is 1.33. The predicted octanol–water partition coefficient (Wildman–Crippen LogP) is 1.50. The molecule has 5 nitrogen and oxygen atoms in total. The predicted molar refractivity (Wildman–Crippen MR) is 56.0 cm³/mol. The number of carbonyl (C=O) groups excluding carboxylic acids is 1. The molecule has 2 N–H and O–H groups in total. The number of hydrogen-bond acceptors (Lipinski definition) is 5. The van der Waals surface area contributed by atoms with E-state index in [0.717, 1.165) is 0 Å². The fourth-order valence-electron chi connectivity index (χ4n) is 0.989. The van der Waals surface area contributed by atoms with Gasteiger partial charge in [0.1, 0.15) is 5.69 Å². The summed E-state index contributed by atoms with van der Waals surface area (Å²) in [6.45, 7) is 0. The Morgan fingerprint density at radius 3 is 3.00 bits per heavy atom. The van der Waals surface area contributed by atoms with Gasteiger partial charge in [-0.1, -0.05) is 0 Å². The van der Waals surface area contributed by atoms with Crippen LogP contribution in [0.4, 0.5) is 5.82 Å². The summed E-state index contributed by atoms with van der Waals surface area (Å²) in [6.07, 6.45) is 1.48. The lowest BCUT2D eigenvalue weighted by Crippen LogP contribution is -2.13. The Morgan fingerprint density at radius 2 is 2.33 bits per heavy atom. The van der Waals surface area contributed by atoms with Crippen molar-refractivity contribution >= 4 is 23.1 Å². The second kappa shape index (κ2) is 4.05. The summed E-state index contributed by atoms with van der Waals surface area (Å²) < 4.78 is 0. The normalized spacial score (nSPS) is 9.87. The Hall–Kier alpha value is -1.95. The highest BCUT2D eigenvalue weighted by Crippen LogP contribution is 2.18. The lowest BCUT2D eigenvalue weighted by atomic mass is 10.4. The molecule has 1 amide bonds. The molecule has 0 spiro atoms. The maximum Gasteiger partial charge on any atom is 0.276 e. The minimum absolute atomic E-state index is 0.0684. The summed E-state index contributed by atoms with van der Waals surface area (Å²) in [5.74, 6) is -0.318. The van der Waals surface area contributed by atoms with E-state index in [1.807, 2.05) is 0 Å². The zero-order chi connectivity index (χ0) is 10.7. The molecule has 6 heteroatoms. The first-order valence-electron chi connectivity index (χ1n) is 4.11. The number of amides is 1. The van der Waals surface area contributed by atoms with Gasteiger partial charge in [0.2, 0.25) is 0 Å². The number of pyridine rings is 1. The van der Waals surface area contributed by atoms with E-state index < -0.39 is 0 Å². The van der Waals surface area contributed by atoms with Crippen LogP contribution in [0.15, 0.2) is 29.2 Å². The van der Waals surface area contributed by atoms with Crippen LogP contribution >= 0.6 is 11.3 Å². The Labute approximate surface area is 89.4 Å². The Balaban J connectivity index is 2.17. The standard InChI is InChI=1S/C9H7N3O2S/c13-7-2-1-3-10-8(7)12-9(14)6-4-15-5-11-6/h1-5,13H,(H,10,12,14). The molecule has 0 fully saturated rings. The van der Waals surface area contributed by atoms with Gasteiger partial charge in [0, 0.05) is 11.6 Å². The van der Waals surface area contributed by atoms with Crippen LogP contribution in [-0.4, -0.2) is 21.0 Å². The minimum atomic E-state index is -0.384. The van der Waals surface area contributed by atoms with Crippen molar-refractivity contribution < 1.29 is 9.90 Å². The molecule has 0 atom stereocenters. The van der Waals surface area contributed by atoms with E-state index in [2.05, 4.69) is 15.3 Å². The van der Waals surface area contributed by atoms with Gasteiger partial charge in [-0.2, -0.15) is 0 Å². The lowest BCUT2D eigenvalue weighted by molar-refractivity contribution is 0.102. The minimum Gasteiger partial charge on any atom is -0.504 e. The summed E-state index contributed by atoms with van der Waals surface area (Å²) in [7, 11) is 0. The number of aromatic nitrogens is 2. The van der Waals surface area contributed by atoms with Crippen LogP contribution in [0, 0.1) is 0 Å². The maximum absolute atomic E-state index is 11.5. The Morgan fingerprint density at radius 1 is 1.47 bits per heavy atom. The first kappa shape index (κ1) is 9.60. The van der Waals surface area contributed by atoms with Gasteiger partial charge in [-0.3, -0.25) is 4.79 Å². The third-order valence-corrected chi connectivity index (χ3v) is 2.27. The van der Waals surface area contributed by atoms with E-state index in [9.17, 15) is 9.90 Å². The summed E-state index contributed by atoms with van der Waals surface area (Å²) in [6, 6.07) is 3.03. The van der Waals surface area contributed by atoms with Crippen LogP contribution in [0.5, 0.6) is 5.75 Å². The molecule has 2 aromatic heterocycles. The SMILES string of the molecule is O=C(Nc1ncccc1O)c1cscn1. The van der Waals surface area contributed by atoms with E-state index in [-0.39, 0.29) is 17.5 Å². The van der Waals surface area contributed by atoms with Crippen LogP contribution in [0.2, 0.25) is 0 Å². The molecule has 15 heavy (non-hydrogen) atoms. The molecule has 0 unspecified atom stereocenters. The number of aromatic hydroxyl groups is 1. The number of hydrogen-bond donors (Lipinski definition) is 2. The smallest absolute Gasteiger partial charge is 0.276 e. The molecule has 0 aliphatic carbocycles. The van der Waals surface area contributed by atoms with E-state index >= 15 is 0 Å². The largest absolute Gasteiger partial charge is 0.504 e. The highest BCUT2D eigenvalue weighted by Gasteiger charge is 2.10. The van der Waals surface area contributed by atoms with Crippen molar-refractivity contribution in [2.45, 2.75) is 0 Å². The summed E-state index contributed by atoms with van der Waals surface area (Å²) in [5, 5.41) is 13.4. The van der Waals surface area contributed by atoms with Crippen LogP contribution in [-0.2, 0) is 0 Å². The van der Waals surface area contributed by atoms with Crippen molar-refractivity contribution in [3.8, 4) is 5.75 Å². The topological polar surface area (TPSA) is 75.1 Å². The molecule has 0 aromatic carbocycles. The van der Waals surface area contributed by atoms with E-state index in [1.165, 1.54) is 23.6 Å². The molecule has 2 aromatic rings. The average molecular weight is 221 g/mol. The Kier molecular flexibility index (Phi) is 2.59. The first-order chi connectivity index (χ1) is 7.27. The summed E-state index contributed by atoms with van der Waals surface area (Å²) in [4.78, 5) is 19.2. The van der Waals surface area contributed by atoms with E-state index in [0.29, 0.717) is 5.69 Å². The van der Waals surface area contributed by atoms with Crippen molar-refractivity contribution in [2.24, 2.45) is 0 Å². The molecule has 0 aliphatic rings. The van der Waals surface area contributed by atoms with Crippen molar-refractivity contribution in [1.29, 1.82) is 0 Å². The molecule has 2 rings (SSSR count). The van der Waals surface area contributed by atoms with Crippen molar-refractivity contribution in [3.63, 3.8) is 0 Å². The van der Waals surface area contributed by atoms with Crippen molar-refractivity contribution in [2.75, 3.05) is 5.32 Å². The second-order valence-electron chi connectivity index (χ2n) is 2.70. The summed E-state index contributed by atoms with van der Waals surface area (Å²) in [5.41, 5.74) is 1.87. The van der Waals surface area contributed by atoms with Gasteiger partial charge < -0.3 is 10.4 Å². The molecule has 0 bridgehead atoms. The fraction of sp³-hybridized carbons (Fsp3) is 0. The van der Waals surface area contributed by atoms with Gasteiger partial charge in [0.05, 0.1) is 5.51 Å². The lowest BCUT2D eigenvalue weighted by Gasteiger charge is -2.03. The van der Waals surface area contributed by atoms with Gasteiger partial charge in [-0.15, -0.1) is 11.3 Å². The Bertz CT molecular complexity index is 470. The molecule has 2 heterocycles. The number of nitrogens with zero attached hydrogens (tertiary/aromatic N) is 2. The van der Waals surface area contributed by atoms with E-state index in [4.69, 9.17) is 0 Å². The van der Waals surface area contributed by atoms with Crippen LogP contribution in [0.25, 0.3) is 0 Å². The molecule has 76 valence electrons. The fourth-order valence-corrected chi connectivity index (χ4v) is 1.52.